The number of ketones is 2. The Morgan fingerprint density at radius 3 is 2.39 bits per heavy atom. The summed E-state index contributed by atoms with van der Waals surface area (Å²) in [5, 5.41) is 5.77. The van der Waals surface area contributed by atoms with Crippen LogP contribution in [0.25, 0.3) is 10.9 Å². The SMILES string of the molecule is CCc1c(C(=O)CCC2=C(C)C=C(C)CC2=O)cc2c(cnn2C)c1N(CC)C1CCC(N2CCN(C)CC2)CC1. The largest absolute Gasteiger partial charge is 0.368 e. The number of aromatic nitrogens is 2. The molecule has 0 spiro atoms. The maximum absolute atomic E-state index is 13.9. The standard InChI is InChI=1S/C34H49N5O2/c1-7-27-29(32(40)14-13-28-24(4)19-23(3)20-33(28)41)21-31-30(22-35-37(31)6)34(27)39(8-2)26-11-9-25(10-12-26)38-17-15-36(5)16-18-38/h19,21-22,25-26H,7-18,20H2,1-6H3. The molecule has 0 bridgehead atoms. The van der Waals surface area contributed by atoms with Gasteiger partial charge in [-0.2, -0.15) is 5.10 Å². The minimum atomic E-state index is 0.125. The number of hydrogen-bond donors (Lipinski definition) is 0. The average Bonchev–Trinajstić information content (AvgIpc) is 3.33. The van der Waals surface area contributed by atoms with Crippen LogP contribution < -0.4 is 4.90 Å². The number of carbonyl (C=O) groups excluding carboxylic acids is 2. The van der Waals surface area contributed by atoms with E-state index in [0.717, 1.165) is 51.7 Å². The minimum Gasteiger partial charge on any atom is -0.368 e. The molecule has 1 saturated heterocycles. The summed E-state index contributed by atoms with van der Waals surface area (Å²) in [5.74, 6) is 0.290. The molecule has 5 rings (SSSR count). The number of fused-ring (bicyclic) bond motifs is 1. The maximum atomic E-state index is 13.9. The normalized spacial score (nSPS) is 22.9. The van der Waals surface area contributed by atoms with Gasteiger partial charge in [0.05, 0.1) is 17.4 Å². The maximum Gasteiger partial charge on any atom is 0.163 e. The van der Waals surface area contributed by atoms with E-state index in [-0.39, 0.29) is 11.6 Å². The Hall–Kier alpha value is -2.77. The Morgan fingerprint density at radius 1 is 1.05 bits per heavy atom. The van der Waals surface area contributed by atoms with Gasteiger partial charge >= 0.3 is 0 Å². The third-order valence-electron chi connectivity index (χ3n) is 9.89. The van der Waals surface area contributed by atoms with Crippen LogP contribution in [-0.2, 0) is 18.3 Å². The first-order valence-corrected chi connectivity index (χ1v) is 15.8. The van der Waals surface area contributed by atoms with Crippen LogP contribution in [0.1, 0.15) is 88.6 Å². The van der Waals surface area contributed by atoms with Gasteiger partial charge in [0.15, 0.2) is 11.6 Å². The van der Waals surface area contributed by atoms with Crippen LogP contribution >= 0.6 is 0 Å². The molecule has 0 atom stereocenters. The molecule has 2 heterocycles. The van der Waals surface area contributed by atoms with E-state index in [1.165, 1.54) is 57.5 Å². The Balaban J connectivity index is 1.41. The lowest BCUT2D eigenvalue weighted by Crippen LogP contribution is -2.51. The second kappa shape index (κ2) is 12.6. The first-order chi connectivity index (χ1) is 19.7. The summed E-state index contributed by atoms with van der Waals surface area (Å²) < 4.78 is 1.90. The molecular weight excluding hydrogens is 510 g/mol. The fourth-order valence-electron chi connectivity index (χ4n) is 7.57. The van der Waals surface area contributed by atoms with E-state index in [4.69, 9.17) is 0 Å². The number of rotatable bonds is 9. The van der Waals surface area contributed by atoms with Gasteiger partial charge in [0, 0.05) is 75.6 Å². The lowest BCUT2D eigenvalue weighted by Gasteiger charge is -2.44. The van der Waals surface area contributed by atoms with Crippen LogP contribution in [0.5, 0.6) is 0 Å². The molecule has 1 saturated carbocycles. The number of nitrogens with zero attached hydrogens (tertiary/aromatic N) is 5. The van der Waals surface area contributed by atoms with E-state index in [1.54, 1.807) is 0 Å². The fourth-order valence-corrected chi connectivity index (χ4v) is 7.57. The Kier molecular flexibility index (Phi) is 9.15. The van der Waals surface area contributed by atoms with Crippen molar-refractivity contribution in [1.29, 1.82) is 0 Å². The number of carbonyl (C=O) groups is 2. The molecule has 1 aromatic heterocycles. The smallest absolute Gasteiger partial charge is 0.163 e. The number of aryl methyl sites for hydroxylation is 1. The topological polar surface area (TPSA) is 61.7 Å². The van der Waals surface area contributed by atoms with Crippen molar-refractivity contribution in [3.63, 3.8) is 0 Å². The van der Waals surface area contributed by atoms with Crippen LogP contribution in [0.15, 0.2) is 35.1 Å². The van der Waals surface area contributed by atoms with Gasteiger partial charge in [-0.05, 0) is 89.1 Å². The summed E-state index contributed by atoms with van der Waals surface area (Å²) in [4.78, 5) is 34.4. The number of Topliss-reactive ketones (excluding diaryl/α,β-unsaturated/α-hetero) is 2. The van der Waals surface area contributed by atoms with E-state index < -0.39 is 0 Å². The second-order valence-corrected chi connectivity index (χ2v) is 12.6. The molecule has 41 heavy (non-hydrogen) atoms. The summed E-state index contributed by atoms with van der Waals surface area (Å²) in [6.45, 7) is 14.0. The summed E-state index contributed by atoms with van der Waals surface area (Å²) in [6.07, 6.45) is 11.0. The Morgan fingerprint density at radius 2 is 1.76 bits per heavy atom. The molecule has 2 aromatic rings. The van der Waals surface area contributed by atoms with Gasteiger partial charge in [-0.3, -0.25) is 19.2 Å². The van der Waals surface area contributed by atoms with Crippen molar-refractivity contribution in [2.24, 2.45) is 7.05 Å². The van der Waals surface area contributed by atoms with E-state index in [0.29, 0.717) is 31.3 Å². The van der Waals surface area contributed by atoms with Crippen molar-refractivity contribution in [2.45, 2.75) is 91.1 Å². The summed E-state index contributed by atoms with van der Waals surface area (Å²) in [5.41, 5.74) is 7.07. The molecule has 7 heteroatoms. The van der Waals surface area contributed by atoms with Gasteiger partial charge in [0.1, 0.15) is 0 Å². The monoisotopic (exact) mass is 559 g/mol. The molecule has 0 N–H and O–H groups in total. The van der Waals surface area contributed by atoms with Crippen molar-refractivity contribution in [2.75, 3.05) is 44.7 Å². The molecule has 1 aliphatic heterocycles. The van der Waals surface area contributed by atoms with Crippen molar-refractivity contribution in [3.8, 4) is 0 Å². The third-order valence-corrected chi connectivity index (χ3v) is 9.89. The van der Waals surface area contributed by atoms with Gasteiger partial charge < -0.3 is 9.80 Å². The average molecular weight is 560 g/mol. The molecule has 2 fully saturated rings. The predicted molar refractivity (Wildman–Crippen MR) is 168 cm³/mol. The van der Waals surface area contributed by atoms with E-state index in [9.17, 15) is 9.59 Å². The zero-order valence-corrected chi connectivity index (χ0v) is 26.1. The highest BCUT2D eigenvalue weighted by atomic mass is 16.1. The molecular formula is C34H49N5O2. The molecule has 222 valence electrons. The zero-order chi connectivity index (χ0) is 29.3. The fraction of sp³-hybridized carbons (Fsp3) is 0.618. The molecule has 0 radical (unpaired) electrons. The number of likely N-dealkylation sites (N-methyl/N-ethyl adjacent to an activating group) is 1. The van der Waals surface area contributed by atoms with Crippen LogP contribution in [0, 0.1) is 0 Å². The number of benzene rings is 1. The molecule has 0 unspecified atom stereocenters. The van der Waals surface area contributed by atoms with Crippen LogP contribution in [-0.4, -0.2) is 83.0 Å². The van der Waals surface area contributed by atoms with Crippen molar-refractivity contribution < 1.29 is 9.59 Å². The zero-order valence-electron chi connectivity index (χ0n) is 26.1. The summed E-state index contributed by atoms with van der Waals surface area (Å²) in [6, 6.07) is 3.21. The molecule has 2 aliphatic carbocycles. The van der Waals surface area contributed by atoms with E-state index in [2.05, 4.69) is 52.8 Å². The lowest BCUT2D eigenvalue weighted by molar-refractivity contribution is -0.115. The highest BCUT2D eigenvalue weighted by molar-refractivity contribution is 6.07. The second-order valence-electron chi connectivity index (χ2n) is 12.6. The van der Waals surface area contributed by atoms with Gasteiger partial charge in [0.25, 0.3) is 0 Å². The first kappa shape index (κ1) is 29.7. The summed E-state index contributed by atoms with van der Waals surface area (Å²) in [7, 11) is 4.19. The first-order valence-electron chi connectivity index (χ1n) is 15.8. The highest BCUT2D eigenvalue weighted by Crippen LogP contribution is 2.39. The quantitative estimate of drug-likeness (QED) is 0.366. The van der Waals surface area contributed by atoms with Gasteiger partial charge in [-0.25, -0.2) is 0 Å². The molecule has 1 aromatic carbocycles. The van der Waals surface area contributed by atoms with Crippen molar-refractivity contribution in [3.05, 3.63) is 46.2 Å². The lowest BCUT2D eigenvalue weighted by atomic mass is 9.86. The molecule has 3 aliphatic rings. The predicted octanol–water partition coefficient (Wildman–Crippen LogP) is 5.72. The van der Waals surface area contributed by atoms with Crippen molar-refractivity contribution >= 4 is 28.2 Å². The third kappa shape index (κ3) is 6.07. The van der Waals surface area contributed by atoms with Crippen molar-refractivity contribution in [1.82, 2.24) is 19.6 Å². The van der Waals surface area contributed by atoms with Crippen LogP contribution in [0.4, 0.5) is 5.69 Å². The minimum absolute atomic E-state index is 0.125. The van der Waals surface area contributed by atoms with Crippen LogP contribution in [0.2, 0.25) is 0 Å². The van der Waals surface area contributed by atoms with Gasteiger partial charge in [-0.15, -0.1) is 0 Å². The molecule has 0 amide bonds. The number of allylic oxidation sites excluding steroid dienone is 4. The number of piperazine rings is 1. The number of anilines is 1. The van der Waals surface area contributed by atoms with Crippen LogP contribution in [0.3, 0.4) is 0 Å². The Bertz CT molecular complexity index is 1350. The van der Waals surface area contributed by atoms with Gasteiger partial charge in [-0.1, -0.05) is 18.6 Å². The highest BCUT2D eigenvalue weighted by Gasteiger charge is 2.32. The van der Waals surface area contributed by atoms with E-state index >= 15 is 0 Å². The molecule has 7 nitrogen and oxygen atoms in total. The Labute approximate surface area is 246 Å². The summed E-state index contributed by atoms with van der Waals surface area (Å²) >= 11 is 0. The van der Waals surface area contributed by atoms with E-state index in [1.807, 2.05) is 31.8 Å². The van der Waals surface area contributed by atoms with Gasteiger partial charge in [0.2, 0.25) is 0 Å². The number of hydrogen-bond acceptors (Lipinski definition) is 6.